The van der Waals surface area contributed by atoms with Crippen molar-refractivity contribution in [3.8, 4) is 11.4 Å². The van der Waals surface area contributed by atoms with E-state index in [1.54, 1.807) is 25.2 Å². The summed E-state index contributed by atoms with van der Waals surface area (Å²) in [6, 6.07) is 14.1. The molecule has 1 aliphatic rings. The molecule has 33 heavy (non-hydrogen) atoms. The van der Waals surface area contributed by atoms with Crippen molar-refractivity contribution < 1.29 is 14.3 Å². The van der Waals surface area contributed by atoms with Gasteiger partial charge in [-0.3, -0.25) is 0 Å². The fraction of sp³-hybridized carbons (Fsp3) is 0.375. The van der Waals surface area contributed by atoms with Gasteiger partial charge in [0.05, 0.1) is 13.7 Å². The Morgan fingerprint density at radius 2 is 1.85 bits per heavy atom. The number of amides is 2. The Morgan fingerprint density at radius 1 is 1.06 bits per heavy atom. The maximum Gasteiger partial charge on any atom is 0.317 e. The lowest BCUT2D eigenvalue weighted by atomic mass is 10.1. The molecule has 0 spiro atoms. The SMILES string of the molecule is COCc1cccc(CNC(=O)N2CCN(c3ccc(-n4cnc(C)n4)c(OC)c3)CC2)c1. The van der Waals surface area contributed by atoms with Crippen molar-refractivity contribution in [2.45, 2.75) is 20.1 Å². The zero-order chi connectivity index (χ0) is 23.2. The number of benzene rings is 2. The first-order chi connectivity index (χ1) is 16.1. The van der Waals surface area contributed by atoms with Crippen LogP contribution < -0.4 is 15.0 Å². The van der Waals surface area contributed by atoms with Crippen LogP contribution in [0.3, 0.4) is 0 Å². The van der Waals surface area contributed by atoms with Gasteiger partial charge in [-0.1, -0.05) is 24.3 Å². The monoisotopic (exact) mass is 450 g/mol. The number of hydrogen-bond acceptors (Lipinski definition) is 6. The quantitative estimate of drug-likeness (QED) is 0.596. The third-order valence-electron chi connectivity index (χ3n) is 5.69. The van der Waals surface area contributed by atoms with E-state index in [1.807, 2.05) is 42.2 Å². The lowest BCUT2D eigenvalue weighted by Gasteiger charge is -2.36. The van der Waals surface area contributed by atoms with E-state index in [4.69, 9.17) is 9.47 Å². The van der Waals surface area contributed by atoms with Crippen molar-refractivity contribution in [3.63, 3.8) is 0 Å². The summed E-state index contributed by atoms with van der Waals surface area (Å²) in [5.74, 6) is 1.44. The minimum Gasteiger partial charge on any atom is -0.494 e. The van der Waals surface area contributed by atoms with Crippen molar-refractivity contribution in [1.29, 1.82) is 0 Å². The van der Waals surface area contributed by atoms with E-state index in [0.717, 1.165) is 41.3 Å². The van der Waals surface area contributed by atoms with Gasteiger partial charge in [-0.15, -0.1) is 0 Å². The predicted molar refractivity (Wildman–Crippen MR) is 126 cm³/mol. The van der Waals surface area contributed by atoms with E-state index in [0.29, 0.717) is 32.1 Å². The summed E-state index contributed by atoms with van der Waals surface area (Å²) in [6.45, 7) is 5.73. The molecule has 0 unspecified atom stereocenters. The number of carbonyl (C=O) groups excluding carboxylic acids is 1. The Hall–Kier alpha value is -3.59. The zero-order valence-corrected chi connectivity index (χ0v) is 19.3. The number of aryl methyl sites for hydroxylation is 1. The second kappa shape index (κ2) is 10.4. The molecule has 0 saturated carbocycles. The van der Waals surface area contributed by atoms with Gasteiger partial charge in [0.15, 0.2) is 0 Å². The first-order valence-corrected chi connectivity index (χ1v) is 11.0. The third kappa shape index (κ3) is 5.43. The Balaban J connectivity index is 1.33. The van der Waals surface area contributed by atoms with Crippen LogP contribution in [0.25, 0.3) is 5.69 Å². The van der Waals surface area contributed by atoms with Crippen LogP contribution in [0.1, 0.15) is 17.0 Å². The fourth-order valence-corrected chi connectivity index (χ4v) is 3.97. The molecule has 3 aromatic rings. The molecule has 2 amide bonds. The van der Waals surface area contributed by atoms with E-state index in [9.17, 15) is 4.79 Å². The summed E-state index contributed by atoms with van der Waals surface area (Å²) >= 11 is 0. The standard InChI is InChI=1S/C24H30N6O3/c1-18-26-17-30(27-18)22-8-7-21(14-23(22)33-3)28-9-11-29(12-10-28)24(31)25-15-19-5-4-6-20(13-19)16-32-2/h4-8,13-14,17H,9-12,15-16H2,1-3H3,(H,25,31). The van der Waals surface area contributed by atoms with Crippen LogP contribution in [0.5, 0.6) is 5.75 Å². The first-order valence-electron chi connectivity index (χ1n) is 11.0. The number of aromatic nitrogens is 3. The van der Waals surface area contributed by atoms with Crippen LogP contribution in [0, 0.1) is 6.92 Å². The highest BCUT2D eigenvalue weighted by Crippen LogP contribution is 2.28. The normalized spacial score (nSPS) is 13.8. The summed E-state index contributed by atoms with van der Waals surface area (Å²) in [5.41, 5.74) is 4.06. The molecular weight excluding hydrogens is 420 g/mol. The molecule has 0 atom stereocenters. The molecule has 1 fully saturated rings. The highest BCUT2D eigenvalue weighted by molar-refractivity contribution is 5.74. The van der Waals surface area contributed by atoms with Crippen LogP contribution in [0.15, 0.2) is 48.8 Å². The van der Waals surface area contributed by atoms with Gasteiger partial charge in [-0.2, -0.15) is 5.10 Å². The number of carbonyl (C=O) groups is 1. The van der Waals surface area contributed by atoms with Crippen LogP contribution >= 0.6 is 0 Å². The van der Waals surface area contributed by atoms with Crippen LogP contribution in [0.2, 0.25) is 0 Å². The number of ether oxygens (including phenoxy) is 2. The molecule has 2 heterocycles. The minimum absolute atomic E-state index is 0.0405. The fourth-order valence-electron chi connectivity index (χ4n) is 3.97. The second-order valence-electron chi connectivity index (χ2n) is 7.98. The second-order valence-corrected chi connectivity index (χ2v) is 7.98. The number of methoxy groups -OCH3 is 2. The van der Waals surface area contributed by atoms with Crippen molar-refractivity contribution >= 4 is 11.7 Å². The molecule has 0 aliphatic carbocycles. The van der Waals surface area contributed by atoms with Crippen molar-refractivity contribution in [2.24, 2.45) is 0 Å². The summed E-state index contributed by atoms with van der Waals surface area (Å²) in [7, 11) is 3.33. The summed E-state index contributed by atoms with van der Waals surface area (Å²) < 4.78 is 12.5. The summed E-state index contributed by atoms with van der Waals surface area (Å²) in [4.78, 5) is 21.0. The van der Waals surface area contributed by atoms with Crippen molar-refractivity contribution in [2.75, 3.05) is 45.3 Å². The number of nitrogens with one attached hydrogen (secondary N) is 1. The Morgan fingerprint density at radius 3 is 2.55 bits per heavy atom. The van der Waals surface area contributed by atoms with Crippen molar-refractivity contribution in [3.05, 3.63) is 65.7 Å². The van der Waals surface area contributed by atoms with Gasteiger partial charge >= 0.3 is 6.03 Å². The predicted octanol–water partition coefficient (Wildman–Crippen LogP) is 2.76. The molecule has 9 nitrogen and oxygen atoms in total. The Kier molecular flexibility index (Phi) is 7.09. The highest BCUT2D eigenvalue weighted by atomic mass is 16.5. The van der Waals surface area contributed by atoms with Gasteiger partial charge in [0.1, 0.15) is 23.6 Å². The maximum atomic E-state index is 12.7. The van der Waals surface area contributed by atoms with E-state index < -0.39 is 0 Å². The van der Waals surface area contributed by atoms with Crippen molar-refractivity contribution in [1.82, 2.24) is 25.0 Å². The zero-order valence-electron chi connectivity index (χ0n) is 19.3. The van der Waals surface area contributed by atoms with Gasteiger partial charge in [0.25, 0.3) is 0 Å². The number of nitrogens with zero attached hydrogens (tertiary/aromatic N) is 5. The highest BCUT2D eigenvalue weighted by Gasteiger charge is 2.22. The Labute approximate surface area is 193 Å². The smallest absolute Gasteiger partial charge is 0.317 e. The van der Waals surface area contributed by atoms with E-state index in [1.165, 1.54) is 0 Å². The maximum absolute atomic E-state index is 12.7. The molecule has 9 heteroatoms. The lowest BCUT2D eigenvalue weighted by molar-refractivity contribution is 0.185. The molecule has 1 N–H and O–H groups in total. The molecule has 1 aromatic heterocycles. The van der Waals surface area contributed by atoms with Gasteiger partial charge in [-0.05, 0) is 30.2 Å². The summed E-state index contributed by atoms with van der Waals surface area (Å²) in [5, 5.41) is 7.40. The minimum atomic E-state index is -0.0405. The first kappa shape index (κ1) is 22.6. The third-order valence-corrected chi connectivity index (χ3v) is 5.69. The topological polar surface area (TPSA) is 84.8 Å². The molecule has 0 radical (unpaired) electrons. The van der Waals surface area contributed by atoms with Crippen LogP contribution in [0.4, 0.5) is 10.5 Å². The number of hydrogen-bond donors (Lipinski definition) is 1. The average molecular weight is 451 g/mol. The number of piperazine rings is 1. The number of urea groups is 1. The number of rotatable bonds is 7. The molecule has 1 saturated heterocycles. The van der Waals surface area contributed by atoms with Crippen LogP contribution in [-0.2, 0) is 17.9 Å². The molecule has 2 aromatic carbocycles. The van der Waals surface area contributed by atoms with E-state index in [-0.39, 0.29) is 6.03 Å². The average Bonchev–Trinajstić information content (AvgIpc) is 3.28. The molecule has 0 bridgehead atoms. The molecule has 1 aliphatic heterocycles. The molecular formula is C24H30N6O3. The van der Waals surface area contributed by atoms with E-state index >= 15 is 0 Å². The number of anilines is 1. The van der Waals surface area contributed by atoms with Crippen LogP contribution in [-0.4, -0.2) is 66.1 Å². The molecule has 4 rings (SSSR count). The Bertz CT molecular complexity index is 1090. The lowest BCUT2D eigenvalue weighted by Crippen LogP contribution is -2.51. The van der Waals surface area contributed by atoms with Gasteiger partial charge in [0, 0.05) is 51.6 Å². The largest absolute Gasteiger partial charge is 0.494 e. The van der Waals surface area contributed by atoms with Gasteiger partial charge < -0.3 is 24.6 Å². The molecule has 174 valence electrons. The van der Waals surface area contributed by atoms with Gasteiger partial charge in [-0.25, -0.2) is 14.5 Å². The van der Waals surface area contributed by atoms with E-state index in [2.05, 4.69) is 32.4 Å². The van der Waals surface area contributed by atoms with Gasteiger partial charge in [0.2, 0.25) is 0 Å². The summed E-state index contributed by atoms with van der Waals surface area (Å²) in [6.07, 6.45) is 1.68.